The van der Waals surface area contributed by atoms with Gasteiger partial charge in [-0.05, 0) is 70.3 Å². The average Bonchev–Trinajstić information content (AvgIpc) is 3.54. The highest BCUT2D eigenvalue weighted by molar-refractivity contribution is 7.26. The third kappa shape index (κ3) is 4.46. The van der Waals surface area contributed by atoms with E-state index in [4.69, 9.17) is 9.97 Å². The van der Waals surface area contributed by atoms with Crippen molar-refractivity contribution in [1.29, 1.82) is 0 Å². The Morgan fingerprint density at radius 2 is 1.17 bits per heavy atom. The molecule has 2 nitrogen and oxygen atoms in total. The molecule has 0 saturated carbocycles. The number of hydrogen-bond donors (Lipinski definition) is 0. The molecule has 0 bridgehead atoms. The molecule has 9 rings (SSSR count). The maximum Gasteiger partial charge on any atom is 0.160 e. The first kappa shape index (κ1) is 28.8. The molecule has 1 atom stereocenters. The van der Waals surface area contributed by atoms with E-state index >= 15 is 0 Å². The Morgan fingerprint density at radius 3 is 1.92 bits per heavy atom. The van der Waals surface area contributed by atoms with Gasteiger partial charge in [0.05, 0.1) is 11.4 Å². The summed E-state index contributed by atoms with van der Waals surface area (Å²) in [7, 11) is 0. The fraction of sp³-hybridized carbons (Fsp3) is 0.111. The third-order valence-electron chi connectivity index (χ3n) is 10.1. The predicted molar refractivity (Wildman–Crippen MR) is 206 cm³/mol. The quantitative estimate of drug-likeness (QED) is 0.170. The van der Waals surface area contributed by atoms with Crippen LogP contribution < -0.4 is 0 Å². The van der Waals surface area contributed by atoms with E-state index in [9.17, 15) is 0 Å². The Labute approximate surface area is 284 Å². The highest BCUT2D eigenvalue weighted by Gasteiger charge is 2.26. The molecular formula is C45H34N2S. The highest BCUT2D eigenvalue weighted by Crippen LogP contribution is 2.50. The first-order chi connectivity index (χ1) is 23.6. The predicted octanol–water partition coefficient (Wildman–Crippen LogP) is 13.1. The summed E-state index contributed by atoms with van der Waals surface area (Å²) >= 11 is 1.89. The van der Waals surface area contributed by atoms with E-state index in [1.807, 2.05) is 11.3 Å². The average molecular weight is 635 g/mol. The van der Waals surface area contributed by atoms with Crippen LogP contribution in [0.4, 0.5) is 0 Å². The van der Waals surface area contributed by atoms with E-state index in [-0.39, 0.29) is 5.92 Å². The summed E-state index contributed by atoms with van der Waals surface area (Å²) in [5, 5.41) is 7.88. The van der Waals surface area contributed by atoms with Crippen molar-refractivity contribution in [2.24, 2.45) is 0 Å². The van der Waals surface area contributed by atoms with Gasteiger partial charge >= 0.3 is 0 Å². The van der Waals surface area contributed by atoms with E-state index in [0.717, 1.165) is 34.8 Å². The Kier molecular flexibility index (Phi) is 6.84. The zero-order chi connectivity index (χ0) is 32.4. The van der Waals surface area contributed by atoms with Gasteiger partial charge in [-0.2, -0.15) is 0 Å². The largest absolute Gasteiger partial charge is 0.228 e. The van der Waals surface area contributed by atoms with Gasteiger partial charge < -0.3 is 0 Å². The van der Waals surface area contributed by atoms with Crippen LogP contribution in [0.15, 0.2) is 133 Å². The standard InChI is InChI=1S/C45H34N2S/c1-4-27(2)39-43(35-24-25-38-42-40(35)33-19-12-11-18-32(33)34-20-13-21-37(48-38)41(34)42)46-45(30-16-9-6-10-17-30)47-44(39)36-26-31(23-22-28(36)3)29-14-7-5-8-15-29/h5-27H,4H2,1-3H3. The summed E-state index contributed by atoms with van der Waals surface area (Å²) in [5.41, 5.74) is 10.2. The second kappa shape index (κ2) is 11.4. The minimum Gasteiger partial charge on any atom is -0.228 e. The Morgan fingerprint density at radius 1 is 0.542 bits per heavy atom. The fourth-order valence-corrected chi connectivity index (χ4v) is 8.64. The molecule has 0 radical (unpaired) electrons. The van der Waals surface area contributed by atoms with Crippen molar-refractivity contribution in [1.82, 2.24) is 9.97 Å². The number of fused-ring (bicyclic) bond motifs is 3. The SMILES string of the molecule is CCC(C)c1c(-c2cc(-c3ccccc3)ccc2C)nc(-c2ccccc2)nc1-c1ccc2sc3cccc4c5ccccc5c1c2c34. The maximum absolute atomic E-state index is 5.54. The normalized spacial score (nSPS) is 12.5. The molecule has 2 aromatic heterocycles. The molecule has 1 unspecified atom stereocenters. The van der Waals surface area contributed by atoms with Gasteiger partial charge in [-0.25, -0.2) is 9.97 Å². The minimum atomic E-state index is 0.233. The number of nitrogens with zero attached hydrogens (tertiary/aromatic N) is 2. The van der Waals surface area contributed by atoms with E-state index in [0.29, 0.717) is 0 Å². The molecular weight excluding hydrogens is 601 g/mol. The van der Waals surface area contributed by atoms with E-state index in [1.165, 1.54) is 69.5 Å². The number of hydrogen-bond acceptors (Lipinski definition) is 3. The second-order valence-corrected chi connectivity index (χ2v) is 14.0. The number of benzene rings is 7. The zero-order valence-corrected chi connectivity index (χ0v) is 28.1. The highest BCUT2D eigenvalue weighted by atomic mass is 32.1. The summed E-state index contributed by atoms with van der Waals surface area (Å²) in [6, 6.07) is 48.2. The lowest BCUT2D eigenvalue weighted by atomic mass is 9.85. The zero-order valence-electron chi connectivity index (χ0n) is 27.3. The van der Waals surface area contributed by atoms with Crippen molar-refractivity contribution in [3.63, 3.8) is 0 Å². The van der Waals surface area contributed by atoms with Crippen LogP contribution in [0.2, 0.25) is 0 Å². The molecule has 9 aromatic rings. The molecule has 0 N–H and O–H groups in total. The first-order valence-corrected chi connectivity index (χ1v) is 17.6. The van der Waals surface area contributed by atoms with Crippen molar-refractivity contribution in [3.05, 3.63) is 145 Å². The number of rotatable bonds is 6. The molecule has 0 spiro atoms. The first-order valence-electron chi connectivity index (χ1n) is 16.8. The Hall–Kier alpha value is -5.38. The second-order valence-electron chi connectivity index (χ2n) is 12.9. The van der Waals surface area contributed by atoms with Gasteiger partial charge in [0.2, 0.25) is 0 Å². The summed E-state index contributed by atoms with van der Waals surface area (Å²) in [4.78, 5) is 11.0. The van der Waals surface area contributed by atoms with Crippen LogP contribution >= 0.6 is 11.3 Å². The van der Waals surface area contributed by atoms with Gasteiger partial charge in [0.1, 0.15) is 0 Å². The van der Waals surface area contributed by atoms with Gasteiger partial charge in [-0.15, -0.1) is 11.3 Å². The molecule has 0 aliphatic carbocycles. The van der Waals surface area contributed by atoms with Gasteiger partial charge in [0, 0.05) is 47.8 Å². The summed E-state index contributed by atoms with van der Waals surface area (Å²) in [6.45, 7) is 6.82. The van der Waals surface area contributed by atoms with Crippen LogP contribution in [0.3, 0.4) is 0 Å². The summed E-state index contributed by atoms with van der Waals surface area (Å²) in [6.07, 6.45) is 0.977. The Balaban J connectivity index is 1.44. The van der Waals surface area contributed by atoms with Crippen molar-refractivity contribution in [2.75, 3.05) is 0 Å². The number of aromatic nitrogens is 2. The van der Waals surface area contributed by atoms with Crippen LogP contribution in [0.25, 0.3) is 86.7 Å². The number of aryl methyl sites for hydroxylation is 1. The van der Waals surface area contributed by atoms with Crippen molar-refractivity contribution >= 4 is 53.1 Å². The smallest absolute Gasteiger partial charge is 0.160 e. The van der Waals surface area contributed by atoms with Gasteiger partial charge in [-0.1, -0.05) is 129 Å². The summed E-state index contributed by atoms with van der Waals surface area (Å²) < 4.78 is 2.65. The lowest BCUT2D eigenvalue weighted by Crippen LogP contribution is -2.07. The molecule has 0 saturated heterocycles. The Bertz CT molecular complexity index is 2620. The monoisotopic (exact) mass is 634 g/mol. The van der Waals surface area contributed by atoms with Crippen LogP contribution in [-0.2, 0) is 0 Å². The molecule has 0 aliphatic rings. The van der Waals surface area contributed by atoms with Crippen molar-refractivity contribution in [3.8, 4) is 45.0 Å². The lowest BCUT2D eigenvalue weighted by molar-refractivity contribution is 0.729. The molecule has 0 amide bonds. The van der Waals surface area contributed by atoms with E-state index < -0.39 is 0 Å². The van der Waals surface area contributed by atoms with Crippen LogP contribution in [-0.4, -0.2) is 9.97 Å². The molecule has 2 heterocycles. The molecule has 0 fully saturated rings. The molecule has 7 aromatic carbocycles. The van der Waals surface area contributed by atoms with E-state index in [1.54, 1.807) is 0 Å². The molecule has 48 heavy (non-hydrogen) atoms. The molecule has 230 valence electrons. The van der Waals surface area contributed by atoms with Crippen LogP contribution in [0.5, 0.6) is 0 Å². The lowest BCUT2D eigenvalue weighted by Gasteiger charge is -2.23. The van der Waals surface area contributed by atoms with E-state index in [2.05, 4.69) is 154 Å². The van der Waals surface area contributed by atoms with Crippen LogP contribution in [0.1, 0.15) is 37.3 Å². The van der Waals surface area contributed by atoms with Crippen molar-refractivity contribution in [2.45, 2.75) is 33.1 Å². The van der Waals surface area contributed by atoms with Crippen LogP contribution in [0, 0.1) is 6.92 Å². The fourth-order valence-electron chi connectivity index (χ4n) is 7.50. The van der Waals surface area contributed by atoms with Gasteiger partial charge in [0.25, 0.3) is 0 Å². The molecule has 0 aliphatic heterocycles. The van der Waals surface area contributed by atoms with Gasteiger partial charge in [-0.3, -0.25) is 0 Å². The minimum absolute atomic E-state index is 0.233. The summed E-state index contributed by atoms with van der Waals surface area (Å²) in [5.74, 6) is 0.987. The number of thiophene rings is 1. The maximum atomic E-state index is 5.54. The molecule has 3 heteroatoms. The third-order valence-corrected chi connectivity index (χ3v) is 11.2. The van der Waals surface area contributed by atoms with Gasteiger partial charge in [0.15, 0.2) is 5.82 Å². The topological polar surface area (TPSA) is 25.8 Å². The van der Waals surface area contributed by atoms with Crippen molar-refractivity contribution < 1.29 is 0 Å².